The van der Waals surface area contributed by atoms with Gasteiger partial charge < -0.3 is 4.57 Å². The van der Waals surface area contributed by atoms with Gasteiger partial charge in [0.15, 0.2) is 23.3 Å². The molecule has 10 nitrogen and oxygen atoms in total. The van der Waals surface area contributed by atoms with Gasteiger partial charge in [0.25, 0.3) is 0 Å². The molecule has 0 fully saturated rings. The third-order valence-corrected chi connectivity index (χ3v) is 13.1. The quantitative estimate of drug-likeness (QED) is 0.137. The van der Waals surface area contributed by atoms with Gasteiger partial charge in [-0.15, -0.1) is 0 Å². The summed E-state index contributed by atoms with van der Waals surface area (Å²) in [5, 5.41) is 41.6. The molecule has 0 atom stereocenters. The van der Waals surface area contributed by atoms with E-state index in [4.69, 9.17) is 24.9 Å². The van der Waals surface area contributed by atoms with Gasteiger partial charge in [-0.25, -0.2) is 24.9 Å². The average Bonchev–Trinajstić information content (AvgIpc) is 3.88. The molecule has 346 valence electrons. The van der Waals surface area contributed by atoms with Crippen molar-refractivity contribution in [1.29, 1.82) is 21.0 Å². The topological polar surface area (TPSA) is 165 Å². The zero-order chi connectivity index (χ0) is 50.8. The molecule has 12 aromatic rings. The van der Waals surface area contributed by atoms with Crippen molar-refractivity contribution in [3.63, 3.8) is 0 Å². The molecule has 3 aromatic heterocycles. The minimum Gasteiger partial charge on any atom is -0.308 e. The van der Waals surface area contributed by atoms with Crippen molar-refractivity contribution in [3.05, 3.63) is 241 Å². The summed E-state index contributed by atoms with van der Waals surface area (Å²) in [4.78, 5) is 26.0. The van der Waals surface area contributed by atoms with E-state index in [0.29, 0.717) is 56.7 Å². The first-order chi connectivity index (χ1) is 36.9. The largest absolute Gasteiger partial charge is 0.308 e. The van der Waals surface area contributed by atoms with Crippen molar-refractivity contribution in [2.75, 3.05) is 0 Å². The highest BCUT2D eigenvalue weighted by Gasteiger charge is 2.23. The first-order valence-electron chi connectivity index (χ1n) is 23.9. The number of benzene rings is 9. The summed E-state index contributed by atoms with van der Waals surface area (Å²) in [7, 11) is 0. The van der Waals surface area contributed by atoms with Crippen LogP contribution in [0.3, 0.4) is 0 Å². The molecule has 0 aliphatic rings. The second-order valence-corrected chi connectivity index (χ2v) is 17.8. The average molecular weight is 957 g/mol. The molecule has 75 heavy (non-hydrogen) atoms. The highest BCUT2D eigenvalue weighted by Crippen LogP contribution is 2.42. The molecule has 0 aliphatic heterocycles. The summed E-state index contributed by atoms with van der Waals surface area (Å²) in [6, 6.07) is 79.4. The lowest BCUT2D eigenvalue weighted by Gasteiger charge is -2.17. The highest BCUT2D eigenvalue weighted by atomic mass is 15.0. The van der Waals surface area contributed by atoms with Gasteiger partial charge in [0.05, 0.1) is 74.6 Å². The molecule has 0 saturated heterocycles. The third kappa shape index (κ3) is 8.66. The zero-order valence-corrected chi connectivity index (χ0v) is 39.8. The second-order valence-electron chi connectivity index (χ2n) is 17.8. The van der Waals surface area contributed by atoms with Crippen LogP contribution in [0, 0.1) is 45.3 Å². The summed E-state index contributed by atoms with van der Waals surface area (Å²) in [6.45, 7) is 0. The molecule has 9 aromatic carbocycles. The molecule has 0 N–H and O–H groups in total. The normalized spacial score (nSPS) is 10.9. The molecule has 0 spiro atoms. The van der Waals surface area contributed by atoms with Crippen LogP contribution in [-0.4, -0.2) is 29.5 Å². The molecule has 0 saturated carbocycles. The monoisotopic (exact) mass is 956 g/mol. The van der Waals surface area contributed by atoms with Gasteiger partial charge in [0.2, 0.25) is 0 Å². The van der Waals surface area contributed by atoms with Crippen molar-refractivity contribution in [2.24, 2.45) is 0 Å². The van der Waals surface area contributed by atoms with E-state index in [-0.39, 0.29) is 0 Å². The Balaban J connectivity index is 1.16. The van der Waals surface area contributed by atoms with Gasteiger partial charge in [-0.2, -0.15) is 21.0 Å². The lowest BCUT2D eigenvalue weighted by Crippen LogP contribution is -2.04. The predicted molar refractivity (Wildman–Crippen MR) is 292 cm³/mol. The third-order valence-electron chi connectivity index (χ3n) is 13.1. The maximum atomic E-state index is 9.97. The van der Waals surface area contributed by atoms with Crippen LogP contribution in [0.25, 0.3) is 118 Å². The number of nitrogens with zero attached hydrogens (tertiary/aromatic N) is 10. The summed E-state index contributed by atoms with van der Waals surface area (Å²) in [5.41, 5.74) is 13.4. The SMILES string of the molecule is N#Cc1cc(C#N)cc(-c2ccc3c(c2)c2cc(-c4cc(C#N)cc(C#N)c4)ccc2n3-c2ccc(-c3nc(-c4ccccc4)nc(-c4ccccc4)n3)cc2-c2nc(-c3ccccc3)cc(-c3ccccc3)n2)c1. The first-order valence-corrected chi connectivity index (χ1v) is 23.9. The van der Waals surface area contributed by atoms with Gasteiger partial charge >= 0.3 is 0 Å². The Morgan fingerprint density at radius 3 is 1.05 bits per heavy atom. The van der Waals surface area contributed by atoms with Crippen molar-refractivity contribution in [2.45, 2.75) is 0 Å². The summed E-state index contributed by atoms with van der Waals surface area (Å²) in [6.07, 6.45) is 0. The maximum absolute atomic E-state index is 9.97. The summed E-state index contributed by atoms with van der Waals surface area (Å²) >= 11 is 0. The van der Waals surface area contributed by atoms with E-state index in [1.54, 1.807) is 36.4 Å². The van der Waals surface area contributed by atoms with E-state index in [2.05, 4.69) is 65.2 Å². The van der Waals surface area contributed by atoms with Crippen molar-refractivity contribution >= 4 is 21.8 Å². The van der Waals surface area contributed by atoms with E-state index in [1.807, 2.05) is 146 Å². The fourth-order valence-electron chi connectivity index (χ4n) is 9.56. The number of nitriles is 4. The minimum absolute atomic E-state index is 0.377. The highest BCUT2D eigenvalue weighted by molar-refractivity contribution is 6.12. The Bertz CT molecular complexity index is 4080. The first kappa shape index (κ1) is 45.0. The summed E-state index contributed by atoms with van der Waals surface area (Å²) < 4.78 is 2.20. The van der Waals surface area contributed by atoms with Crippen LogP contribution >= 0.6 is 0 Å². The molecule has 0 radical (unpaired) electrons. The zero-order valence-electron chi connectivity index (χ0n) is 39.8. The molecular weight excluding hydrogens is 921 g/mol. The molecule has 0 unspecified atom stereocenters. The van der Waals surface area contributed by atoms with E-state index in [9.17, 15) is 21.0 Å². The Kier molecular flexibility index (Phi) is 11.5. The molecule has 10 heteroatoms. The molecule has 0 amide bonds. The molecule has 0 aliphatic carbocycles. The van der Waals surface area contributed by atoms with Crippen LogP contribution in [-0.2, 0) is 0 Å². The minimum atomic E-state index is 0.377. The number of hydrogen-bond donors (Lipinski definition) is 0. The maximum Gasteiger partial charge on any atom is 0.164 e. The molecule has 3 heterocycles. The van der Waals surface area contributed by atoms with E-state index >= 15 is 0 Å². The molecule has 12 rings (SSSR count). The lowest BCUT2D eigenvalue weighted by molar-refractivity contribution is 1.07. The number of hydrogen-bond acceptors (Lipinski definition) is 9. The molecular formula is C65H36N10. The van der Waals surface area contributed by atoms with E-state index in [1.165, 1.54) is 0 Å². The van der Waals surface area contributed by atoms with Gasteiger partial charge in [-0.05, 0) is 107 Å². The standard InChI is InChI=1S/C65H36N10/c66-37-41-27-42(38-67)30-52(29-41)49-21-24-59-54(33-49)55-34-50(53-31-43(39-68)28-44(32-53)40-69)22-25-60(55)75(59)61-26-23-51(64-73-62(47-17-9-3-10-18-47)72-63(74-64)48-19-11-4-12-20-48)35-56(61)65-70-57(45-13-5-1-6-14-45)36-58(71-65)46-15-7-2-8-16-46/h1-36H. The van der Waals surface area contributed by atoms with Crippen LogP contribution in [0.15, 0.2) is 218 Å². The van der Waals surface area contributed by atoms with Crippen LogP contribution < -0.4 is 0 Å². The molecule has 0 bridgehead atoms. The Hall–Kier alpha value is -11.2. The van der Waals surface area contributed by atoms with Gasteiger partial charge in [0, 0.05) is 44.2 Å². The smallest absolute Gasteiger partial charge is 0.164 e. The van der Waals surface area contributed by atoms with Crippen LogP contribution in [0.4, 0.5) is 0 Å². The van der Waals surface area contributed by atoms with Crippen molar-refractivity contribution in [3.8, 4) is 120 Å². The fraction of sp³-hybridized carbons (Fsp3) is 0. The fourth-order valence-corrected chi connectivity index (χ4v) is 9.56. The van der Waals surface area contributed by atoms with Crippen molar-refractivity contribution < 1.29 is 0 Å². The van der Waals surface area contributed by atoms with Gasteiger partial charge in [-0.3, -0.25) is 0 Å². The van der Waals surface area contributed by atoms with Crippen LogP contribution in [0.2, 0.25) is 0 Å². The summed E-state index contributed by atoms with van der Waals surface area (Å²) in [5.74, 6) is 1.97. The number of rotatable bonds is 9. The van der Waals surface area contributed by atoms with Crippen LogP contribution in [0.1, 0.15) is 22.3 Å². The Labute approximate surface area is 431 Å². The lowest BCUT2D eigenvalue weighted by atomic mass is 9.97. The number of fused-ring (bicyclic) bond motifs is 3. The van der Waals surface area contributed by atoms with Gasteiger partial charge in [-0.1, -0.05) is 133 Å². The predicted octanol–water partition coefficient (Wildman–Crippen LogP) is 14.6. The van der Waals surface area contributed by atoms with E-state index < -0.39 is 0 Å². The van der Waals surface area contributed by atoms with Crippen LogP contribution in [0.5, 0.6) is 0 Å². The second kappa shape index (κ2) is 19.2. The van der Waals surface area contributed by atoms with Gasteiger partial charge in [0.1, 0.15) is 0 Å². The van der Waals surface area contributed by atoms with E-state index in [0.717, 1.165) is 83.4 Å². The number of aromatic nitrogens is 6. The Morgan fingerprint density at radius 2 is 0.653 bits per heavy atom. The van der Waals surface area contributed by atoms with Crippen molar-refractivity contribution in [1.82, 2.24) is 29.5 Å². The Morgan fingerprint density at radius 1 is 0.280 bits per heavy atom.